The van der Waals surface area contributed by atoms with Gasteiger partial charge in [0.2, 0.25) is 11.8 Å². The SMILES string of the molecule is Cl.Cl.NC(=O)[C@H](CCCN=C(N)N)N(C(=O)[C@@H]1CCCN1C(=O)[C@H](N)Cc1ccccc1)c1ccc(O)c(C(=O)O)c1. The standard InChI is InChI=1S/C27H35N7O6.2ClH/c28-19(14-16-6-2-1-3-7-16)24(37)33-13-5-9-21(33)25(38)34(17-10-11-22(35)18(15-17)26(39)40)20(23(29)36)8-4-12-32-27(30)31;;/h1-3,6-7,10-11,15,19-21,35H,4-5,8-9,12-14,28H2,(H2,29,36)(H,39,40)(H4,30,31,32);2*1H/t19-,20+,21+;;/m1../s1. The fraction of sp³-hybridized carbons (Fsp3) is 0.370. The number of halogens is 2. The van der Waals surface area contributed by atoms with Crippen molar-refractivity contribution in [2.45, 2.75) is 50.2 Å². The summed E-state index contributed by atoms with van der Waals surface area (Å²) in [5, 5.41) is 19.6. The number of amides is 3. The van der Waals surface area contributed by atoms with E-state index in [1.807, 2.05) is 30.3 Å². The predicted octanol–water partition coefficient (Wildman–Crippen LogP) is 0.736. The van der Waals surface area contributed by atoms with Crippen LogP contribution in [0.2, 0.25) is 0 Å². The lowest BCUT2D eigenvalue weighted by atomic mass is 10.0. The zero-order valence-corrected chi connectivity index (χ0v) is 24.4. The molecule has 15 heteroatoms. The molecule has 3 atom stereocenters. The third kappa shape index (κ3) is 8.96. The van der Waals surface area contributed by atoms with Gasteiger partial charge in [0, 0.05) is 18.8 Å². The Balaban J connectivity index is 0.00000441. The highest BCUT2D eigenvalue weighted by Crippen LogP contribution is 2.30. The number of carboxylic acids is 1. The highest BCUT2D eigenvalue weighted by molar-refractivity contribution is 6.05. The topological polar surface area (TPSA) is 232 Å². The van der Waals surface area contributed by atoms with Gasteiger partial charge in [-0.1, -0.05) is 30.3 Å². The number of hydrogen-bond donors (Lipinski definition) is 6. The van der Waals surface area contributed by atoms with Crippen molar-refractivity contribution in [2.75, 3.05) is 18.0 Å². The lowest BCUT2D eigenvalue weighted by molar-refractivity contribution is -0.138. The van der Waals surface area contributed by atoms with Crippen LogP contribution in [-0.2, 0) is 20.8 Å². The summed E-state index contributed by atoms with van der Waals surface area (Å²) < 4.78 is 0. The number of rotatable bonds is 12. The first-order valence-electron chi connectivity index (χ1n) is 12.8. The second kappa shape index (κ2) is 16.4. The van der Waals surface area contributed by atoms with Crippen molar-refractivity contribution in [1.82, 2.24) is 4.90 Å². The highest BCUT2D eigenvalue weighted by atomic mass is 35.5. The molecule has 42 heavy (non-hydrogen) atoms. The summed E-state index contributed by atoms with van der Waals surface area (Å²) in [7, 11) is 0. The van der Waals surface area contributed by atoms with E-state index in [2.05, 4.69) is 4.99 Å². The van der Waals surface area contributed by atoms with Crippen LogP contribution in [0.15, 0.2) is 53.5 Å². The number of carboxylic acid groups (broad SMARTS) is 1. The van der Waals surface area contributed by atoms with Crippen LogP contribution < -0.4 is 27.8 Å². The molecule has 1 aliphatic heterocycles. The zero-order chi connectivity index (χ0) is 29.4. The van der Waals surface area contributed by atoms with Crippen molar-refractivity contribution in [2.24, 2.45) is 27.9 Å². The molecule has 230 valence electrons. The quantitative estimate of drug-likeness (QED) is 0.111. The van der Waals surface area contributed by atoms with Crippen molar-refractivity contribution >= 4 is 60.2 Å². The smallest absolute Gasteiger partial charge is 0.339 e. The van der Waals surface area contributed by atoms with Crippen molar-refractivity contribution in [3.63, 3.8) is 0 Å². The van der Waals surface area contributed by atoms with Gasteiger partial charge in [-0.3, -0.25) is 24.3 Å². The summed E-state index contributed by atoms with van der Waals surface area (Å²) in [5.74, 6) is -3.97. The third-order valence-electron chi connectivity index (χ3n) is 6.73. The fourth-order valence-corrected chi connectivity index (χ4v) is 4.81. The van der Waals surface area contributed by atoms with Crippen LogP contribution in [0.25, 0.3) is 0 Å². The van der Waals surface area contributed by atoms with Gasteiger partial charge in [0.25, 0.3) is 5.91 Å². The van der Waals surface area contributed by atoms with Gasteiger partial charge in [0.05, 0.1) is 6.04 Å². The van der Waals surface area contributed by atoms with Crippen LogP contribution in [-0.4, -0.2) is 76.0 Å². The van der Waals surface area contributed by atoms with E-state index in [-0.39, 0.29) is 68.8 Å². The molecule has 0 saturated carbocycles. The average Bonchev–Trinajstić information content (AvgIpc) is 3.40. The largest absolute Gasteiger partial charge is 0.507 e. The molecule has 3 amide bonds. The summed E-state index contributed by atoms with van der Waals surface area (Å²) in [6, 6.07) is 9.67. The Kier molecular flexibility index (Phi) is 14.0. The monoisotopic (exact) mass is 625 g/mol. The van der Waals surface area contributed by atoms with E-state index >= 15 is 0 Å². The number of primary amides is 1. The molecule has 1 heterocycles. The number of carbonyl (C=O) groups excluding carboxylic acids is 3. The summed E-state index contributed by atoms with van der Waals surface area (Å²) in [6.07, 6.45) is 1.43. The number of aliphatic imine (C=N–C) groups is 1. The Labute approximate surface area is 255 Å². The van der Waals surface area contributed by atoms with E-state index in [1.54, 1.807) is 0 Å². The molecular formula is C27H37Cl2N7O6. The molecule has 0 aromatic heterocycles. The molecule has 0 unspecified atom stereocenters. The number of nitrogens with zero attached hydrogens (tertiary/aromatic N) is 3. The van der Waals surface area contributed by atoms with Gasteiger partial charge < -0.3 is 38.0 Å². The minimum atomic E-state index is -1.43. The van der Waals surface area contributed by atoms with Crippen molar-refractivity contribution in [3.05, 3.63) is 59.7 Å². The number of phenols is 1. The zero-order valence-electron chi connectivity index (χ0n) is 22.8. The Morgan fingerprint density at radius 3 is 2.31 bits per heavy atom. The molecule has 1 saturated heterocycles. The molecule has 13 nitrogen and oxygen atoms in total. The number of carbonyl (C=O) groups is 4. The average molecular weight is 627 g/mol. The molecule has 1 aliphatic rings. The normalized spacial score (nSPS) is 15.4. The Hall–Kier alpha value is -4.07. The molecule has 2 aromatic rings. The molecule has 0 radical (unpaired) electrons. The Bertz CT molecular complexity index is 1280. The second-order valence-corrected chi connectivity index (χ2v) is 9.57. The van der Waals surface area contributed by atoms with Crippen LogP contribution in [0.4, 0.5) is 5.69 Å². The number of hydrogen-bond acceptors (Lipinski definition) is 7. The van der Waals surface area contributed by atoms with E-state index < -0.39 is 53.1 Å². The molecule has 10 N–H and O–H groups in total. The van der Waals surface area contributed by atoms with Gasteiger partial charge in [-0.2, -0.15) is 0 Å². The summed E-state index contributed by atoms with van der Waals surface area (Å²) >= 11 is 0. The van der Waals surface area contributed by atoms with Crippen LogP contribution >= 0.6 is 24.8 Å². The second-order valence-electron chi connectivity index (χ2n) is 9.57. The van der Waals surface area contributed by atoms with Gasteiger partial charge in [-0.05, 0) is 55.9 Å². The summed E-state index contributed by atoms with van der Waals surface area (Å²) in [4.78, 5) is 58.2. The number of anilines is 1. The first kappa shape index (κ1) is 36.0. The highest BCUT2D eigenvalue weighted by Gasteiger charge is 2.41. The third-order valence-corrected chi connectivity index (χ3v) is 6.73. The number of benzene rings is 2. The van der Waals surface area contributed by atoms with Gasteiger partial charge in [0.15, 0.2) is 5.96 Å². The fourth-order valence-electron chi connectivity index (χ4n) is 4.81. The minimum absolute atomic E-state index is 0. The van der Waals surface area contributed by atoms with Crippen molar-refractivity contribution in [1.29, 1.82) is 0 Å². The van der Waals surface area contributed by atoms with Crippen molar-refractivity contribution in [3.8, 4) is 5.75 Å². The van der Waals surface area contributed by atoms with Crippen molar-refractivity contribution < 1.29 is 29.4 Å². The number of nitrogens with two attached hydrogens (primary N) is 4. The molecule has 2 aromatic carbocycles. The van der Waals surface area contributed by atoms with Crippen LogP contribution in [0, 0.1) is 0 Å². The molecular weight excluding hydrogens is 589 g/mol. The van der Waals surface area contributed by atoms with E-state index in [0.717, 1.165) is 22.6 Å². The first-order chi connectivity index (χ1) is 19.0. The number of aromatic hydroxyl groups is 1. The number of likely N-dealkylation sites (tertiary alicyclic amines) is 1. The maximum absolute atomic E-state index is 14.1. The molecule has 1 fully saturated rings. The number of guanidine groups is 1. The van der Waals surface area contributed by atoms with Crippen LogP contribution in [0.3, 0.4) is 0 Å². The number of aromatic carboxylic acids is 1. The van der Waals surface area contributed by atoms with Gasteiger partial charge in [-0.25, -0.2) is 4.79 Å². The van der Waals surface area contributed by atoms with Crippen LogP contribution in [0.5, 0.6) is 5.75 Å². The Morgan fingerprint density at radius 1 is 1.05 bits per heavy atom. The maximum atomic E-state index is 14.1. The van der Waals surface area contributed by atoms with Gasteiger partial charge in [0.1, 0.15) is 23.4 Å². The van der Waals surface area contributed by atoms with E-state index in [1.165, 1.54) is 11.0 Å². The predicted molar refractivity (Wildman–Crippen MR) is 163 cm³/mol. The summed E-state index contributed by atoms with van der Waals surface area (Å²) in [6.45, 7) is 0.444. The molecule has 0 aliphatic carbocycles. The van der Waals surface area contributed by atoms with Gasteiger partial charge in [-0.15, -0.1) is 24.8 Å². The van der Waals surface area contributed by atoms with E-state index in [9.17, 15) is 29.4 Å². The van der Waals surface area contributed by atoms with E-state index in [0.29, 0.717) is 12.8 Å². The lowest BCUT2D eigenvalue weighted by Crippen LogP contribution is -2.57. The van der Waals surface area contributed by atoms with Crippen LogP contribution in [0.1, 0.15) is 41.6 Å². The maximum Gasteiger partial charge on any atom is 0.339 e. The first-order valence-corrected chi connectivity index (χ1v) is 12.8. The lowest BCUT2D eigenvalue weighted by Gasteiger charge is -2.35. The Morgan fingerprint density at radius 2 is 1.71 bits per heavy atom. The molecule has 0 bridgehead atoms. The van der Waals surface area contributed by atoms with Gasteiger partial charge >= 0.3 is 5.97 Å². The summed E-state index contributed by atoms with van der Waals surface area (Å²) in [5.41, 5.74) is 23.1. The minimum Gasteiger partial charge on any atom is -0.507 e. The molecule has 3 rings (SSSR count). The molecule has 0 spiro atoms. The van der Waals surface area contributed by atoms with E-state index in [4.69, 9.17) is 22.9 Å².